The Labute approximate surface area is 161 Å². The number of nitrogens with one attached hydrogen (secondary N) is 1. The monoisotopic (exact) mass is 413 g/mol. The molecule has 1 N–H and O–H groups in total. The van der Waals surface area contributed by atoms with Gasteiger partial charge in [0.2, 0.25) is 0 Å². The van der Waals surface area contributed by atoms with Gasteiger partial charge in [-0.1, -0.05) is 34.1 Å². The zero-order chi connectivity index (χ0) is 18.5. The van der Waals surface area contributed by atoms with Gasteiger partial charge in [-0.2, -0.15) is 0 Å². The molecule has 0 radical (unpaired) electrons. The number of nitrogens with zero attached hydrogens (tertiary/aromatic N) is 2. The van der Waals surface area contributed by atoms with E-state index in [0.29, 0.717) is 12.3 Å². The van der Waals surface area contributed by atoms with Crippen LogP contribution < -0.4 is 15.0 Å². The van der Waals surface area contributed by atoms with E-state index in [1.54, 1.807) is 6.20 Å². The second-order valence-corrected chi connectivity index (χ2v) is 7.01. The molecule has 0 atom stereocenters. The van der Waals surface area contributed by atoms with Crippen LogP contribution in [0.25, 0.3) is 10.8 Å². The van der Waals surface area contributed by atoms with Crippen molar-refractivity contribution in [1.29, 1.82) is 0 Å². The molecule has 3 aromatic rings. The highest BCUT2D eigenvalue weighted by molar-refractivity contribution is 9.10. The average Bonchev–Trinajstić information content (AvgIpc) is 2.64. The van der Waals surface area contributed by atoms with Crippen LogP contribution in [-0.2, 0) is 11.3 Å². The van der Waals surface area contributed by atoms with E-state index in [0.717, 1.165) is 26.6 Å². The maximum atomic E-state index is 12.1. The fourth-order valence-electron chi connectivity index (χ4n) is 2.65. The number of carbonyl (C=O) groups is 1. The zero-order valence-corrected chi connectivity index (χ0v) is 16.3. The number of carbonyl (C=O) groups excluding carboxylic acids is 1. The minimum Gasteiger partial charge on any atom is -0.484 e. The van der Waals surface area contributed by atoms with Gasteiger partial charge >= 0.3 is 0 Å². The lowest BCUT2D eigenvalue weighted by atomic mass is 10.1. The van der Waals surface area contributed by atoms with Gasteiger partial charge in [0.15, 0.2) is 6.61 Å². The summed E-state index contributed by atoms with van der Waals surface area (Å²) in [5.74, 6) is 1.34. The Bertz CT molecular complexity index is 928. The third-order valence-electron chi connectivity index (χ3n) is 3.91. The second-order valence-electron chi connectivity index (χ2n) is 6.10. The van der Waals surface area contributed by atoms with Crippen LogP contribution in [0.1, 0.15) is 5.56 Å². The molecule has 1 aromatic heterocycles. The van der Waals surface area contributed by atoms with Crippen LogP contribution in [0.3, 0.4) is 0 Å². The largest absolute Gasteiger partial charge is 0.484 e. The number of fused-ring (bicyclic) bond motifs is 1. The highest BCUT2D eigenvalue weighted by Crippen LogP contribution is 2.24. The first kappa shape index (κ1) is 18.2. The van der Waals surface area contributed by atoms with Crippen molar-refractivity contribution in [2.45, 2.75) is 6.54 Å². The summed E-state index contributed by atoms with van der Waals surface area (Å²) in [6.45, 7) is 0.384. The van der Waals surface area contributed by atoms with Crippen molar-refractivity contribution in [3.63, 3.8) is 0 Å². The van der Waals surface area contributed by atoms with E-state index in [-0.39, 0.29) is 12.5 Å². The average molecular weight is 414 g/mol. The lowest BCUT2D eigenvalue weighted by Gasteiger charge is -2.16. The Morgan fingerprint density at radius 3 is 2.73 bits per heavy atom. The third-order valence-corrected chi connectivity index (χ3v) is 4.40. The molecule has 0 spiro atoms. The zero-order valence-electron chi connectivity index (χ0n) is 14.7. The Morgan fingerprint density at radius 2 is 1.92 bits per heavy atom. The van der Waals surface area contributed by atoms with Crippen LogP contribution in [0.2, 0.25) is 0 Å². The number of ether oxygens (including phenoxy) is 1. The number of halogens is 1. The molecule has 3 rings (SSSR count). The Hall–Kier alpha value is -2.60. The highest BCUT2D eigenvalue weighted by atomic mass is 79.9. The van der Waals surface area contributed by atoms with Crippen LogP contribution in [-0.4, -0.2) is 31.6 Å². The van der Waals surface area contributed by atoms with E-state index in [2.05, 4.69) is 26.2 Å². The fourth-order valence-corrected chi connectivity index (χ4v) is 3.03. The summed E-state index contributed by atoms with van der Waals surface area (Å²) in [6.07, 6.45) is 1.74. The van der Waals surface area contributed by atoms with E-state index >= 15 is 0 Å². The Balaban J connectivity index is 1.57. The van der Waals surface area contributed by atoms with Crippen molar-refractivity contribution in [2.75, 3.05) is 25.6 Å². The van der Waals surface area contributed by atoms with E-state index in [9.17, 15) is 4.79 Å². The van der Waals surface area contributed by atoms with Gasteiger partial charge in [0.1, 0.15) is 11.6 Å². The van der Waals surface area contributed by atoms with Gasteiger partial charge in [-0.05, 0) is 41.1 Å². The Morgan fingerprint density at radius 1 is 1.15 bits per heavy atom. The van der Waals surface area contributed by atoms with Crippen LogP contribution in [0.4, 0.5) is 5.82 Å². The van der Waals surface area contributed by atoms with Crippen LogP contribution in [0.5, 0.6) is 5.75 Å². The second kappa shape index (κ2) is 8.19. The minimum absolute atomic E-state index is 0.0282. The molecule has 5 nitrogen and oxygen atoms in total. The molecule has 0 aliphatic heterocycles. The molecule has 0 saturated carbocycles. The molecule has 0 aliphatic rings. The molecule has 0 fully saturated rings. The van der Waals surface area contributed by atoms with Gasteiger partial charge < -0.3 is 15.0 Å². The fraction of sp³-hybridized carbons (Fsp3) is 0.200. The van der Waals surface area contributed by atoms with Gasteiger partial charge in [0.05, 0.1) is 0 Å². The molecule has 2 aromatic carbocycles. The summed E-state index contributed by atoms with van der Waals surface area (Å²) in [5, 5.41) is 5.05. The van der Waals surface area contributed by atoms with Crippen LogP contribution in [0, 0.1) is 0 Å². The molecule has 134 valence electrons. The van der Waals surface area contributed by atoms with Gasteiger partial charge in [-0.3, -0.25) is 4.79 Å². The van der Waals surface area contributed by atoms with Crippen molar-refractivity contribution in [3.8, 4) is 5.75 Å². The standard InChI is InChI=1S/C20H20BrN3O2/c1-24(2)20-16(4-3-9-22-20)12-23-19(25)13-26-18-8-6-14-10-17(21)7-5-15(14)11-18/h3-11H,12-13H2,1-2H3,(H,23,25). The van der Waals surface area contributed by atoms with Gasteiger partial charge in [-0.25, -0.2) is 4.98 Å². The summed E-state index contributed by atoms with van der Waals surface area (Å²) >= 11 is 3.46. The first-order valence-electron chi connectivity index (χ1n) is 8.23. The SMILES string of the molecule is CN(C)c1ncccc1CNC(=O)COc1ccc2cc(Br)ccc2c1. The summed E-state index contributed by atoms with van der Waals surface area (Å²) in [4.78, 5) is 18.3. The number of hydrogen-bond acceptors (Lipinski definition) is 4. The van der Waals surface area contributed by atoms with Crippen molar-refractivity contribution < 1.29 is 9.53 Å². The highest BCUT2D eigenvalue weighted by Gasteiger charge is 2.08. The third kappa shape index (κ3) is 4.52. The summed E-state index contributed by atoms with van der Waals surface area (Å²) < 4.78 is 6.66. The molecular formula is C20H20BrN3O2. The lowest BCUT2D eigenvalue weighted by Crippen LogP contribution is -2.29. The maximum Gasteiger partial charge on any atom is 0.258 e. The number of hydrogen-bond donors (Lipinski definition) is 1. The normalized spacial score (nSPS) is 10.6. The number of aromatic nitrogens is 1. The molecule has 1 heterocycles. The van der Waals surface area contributed by atoms with E-state index in [1.807, 2.05) is 67.5 Å². The first-order chi connectivity index (χ1) is 12.5. The van der Waals surface area contributed by atoms with E-state index in [4.69, 9.17) is 4.74 Å². The molecule has 0 saturated heterocycles. The smallest absolute Gasteiger partial charge is 0.258 e. The number of pyridine rings is 1. The van der Waals surface area contributed by atoms with Gasteiger partial charge in [0.25, 0.3) is 5.91 Å². The predicted octanol–water partition coefficient (Wildman–Crippen LogP) is 3.76. The quantitative estimate of drug-likeness (QED) is 0.668. The summed E-state index contributed by atoms with van der Waals surface area (Å²) in [5.41, 5.74) is 0.960. The van der Waals surface area contributed by atoms with Crippen LogP contribution >= 0.6 is 15.9 Å². The number of rotatable bonds is 6. The van der Waals surface area contributed by atoms with Crippen molar-refractivity contribution in [2.24, 2.45) is 0 Å². The summed E-state index contributed by atoms with van der Waals surface area (Å²) in [7, 11) is 3.85. The molecule has 0 bridgehead atoms. The summed E-state index contributed by atoms with van der Waals surface area (Å²) in [6, 6.07) is 15.6. The molecular weight excluding hydrogens is 394 g/mol. The topological polar surface area (TPSA) is 54.5 Å². The van der Waals surface area contributed by atoms with Crippen molar-refractivity contribution in [1.82, 2.24) is 10.3 Å². The van der Waals surface area contributed by atoms with Crippen molar-refractivity contribution >= 4 is 38.4 Å². The van der Waals surface area contributed by atoms with E-state index in [1.165, 1.54) is 0 Å². The van der Waals surface area contributed by atoms with Crippen molar-refractivity contribution in [3.05, 3.63) is 64.8 Å². The maximum absolute atomic E-state index is 12.1. The molecule has 26 heavy (non-hydrogen) atoms. The van der Waals surface area contributed by atoms with Crippen LogP contribution in [0.15, 0.2) is 59.2 Å². The van der Waals surface area contributed by atoms with E-state index < -0.39 is 0 Å². The minimum atomic E-state index is -0.172. The van der Waals surface area contributed by atoms with Gasteiger partial charge in [-0.15, -0.1) is 0 Å². The number of anilines is 1. The lowest BCUT2D eigenvalue weighted by molar-refractivity contribution is -0.123. The number of amides is 1. The molecule has 1 amide bonds. The molecule has 6 heteroatoms. The number of benzene rings is 2. The first-order valence-corrected chi connectivity index (χ1v) is 9.02. The molecule has 0 unspecified atom stereocenters. The predicted molar refractivity (Wildman–Crippen MR) is 108 cm³/mol. The Kier molecular flexibility index (Phi) is 5.73. The molecule has 0 aliphatic carbocycles. The van der Waals surface area contributed by atoms with Gasteiger partial charge in [0, 0.05) is 36.9 Å².